The second-order valence-electron chi connectivity index (χ2n) is 5.55. The van der Waals surface area contributed by atoms with Gasteiger partial charge in [-0.1, -0.05) is 6.07 Å². The van der Waals surface area contributed by atoms with Crippen LogP contribution in [-0.2, 0) is 11.3 Å². The minimum atomic E-state index is 0.564. The fraction of sp³-hybridized carbons (Fsp3) is 0.562. The van der Waals surface area contributed by atoms with Crippen LogP contribution in [0.1, 0.15) is 12.2 Å². The van der Waals surface area contributed by atoms with Gasteiger partial charge in [-0.2, -0.15) is 0 Å². The number of guanidine groups is 1. The number of hydrogen-bond acceptors (Lipinski definition) is 5. The molecule has 0 aromatic carbocycles. The van der Waals surface area contributed by atoms with Gasteiger partial charge in [0.2, 0.25) is 0 Å². The summed E-state index contributed by atoms with van der Waals surface area (Å²) < 4.78 is 7.03. The van der Waals surface area contributed by atoms with E-state index in [4.69, 9.17) is 4.74 Å². The Balaban J connectivity index is 1.73. The highest BCUT2D eigenvalue weighted by atomic mass is 16.5. The highest BCUT2D eigenvalue weighted by molar-refractivity contribution is 5.79. The number of pyridine rings is 1. The van der Waals surface area contributed by atoms with Crippen molar-refractivity contribution >= 4 is 11.6 Å². The summed E-state index contributed by atoms with van der Waals surface area (Å²) >= 11 is 0. The van der Waals surface area contributed by atoms with Crippen molar-refractivity contribution in [1.29, 1.82) is 0 Å². The second kappa shape index (κ2) is 9.84. The van der Waals surface area contributed by atoms with Crippen molar-refractivity contribution in [2.24, 2.45) is 4.99 Å². The summed E-state index contributed by atoms with van der Waals surface area (Å²) in [4.78, 5) is 6.51. The van der Waals surface area contributed by atoms with E-state index in [9.17, 15) is 0 Å². The van der Waals surface area contributed by atoms with Crippen molar-refractivity contribution in [2.75, 3.05) is 47.4 Å². The largest absolute Gasteiger partial charge is 0.385 e. The zero-order valence-electron chi connectivity index (χ0n) is 14.7. The lowest BCUT2D eigenvalue weighted by Gasteiger charge is -2.18. The van der Waals surface area contributed by atoms with E-state index in [1.165, 1.54) is 0 Å². The Bertz CT molecular complexity index is 640. The lowest BCUT2D eigenvalue weighted by Crippen LogP contribution is -2.41. The van der Waals surface area contributed by atoms with E-state index in [1.54, 1.807) is 14.2 Å². The summed E-state index contributed by atoms with van der Waals surface area (Å²) in [7, 11) is 5.60. The van der Waals surface area contributed by atoms with Crippen LogP contribution in [-0.4, -0.2) is 72.9 Å². The third-order valence-electron chi connectivity index (χ3n) is 3.70. The molecule has 0 spiro atoms. The molecule has 8 nitrogen and oxygen atoms in total. The average Bonchev–Trinajstić information content (AvgIpc) is 3.01. The third kappa shape index (κ3) is 5.47. The Morgan fingerprint density at radius 3 is 2.96 bits per heavy atom. The number of likely N-dealkylation sites (N-methyl/N-ethyl adjacent to an activating group) is 1. The number of aromatic nitrogens is 3. The molecule has 0 fully saturated rings. The zero-order valence-corrected chi connectivity index (χ0v) is 14.7. The van der Waals surface area contributed by atoms with Gasteiger partial charge in [-0.3, -0.25) is 9.39 Å². The summed E-state index contributed by atoms with van der Waals surface area (Å²) in [5.74, 6) is 1.61. The standard InChI is InChI=1S/C16H27N7O/c1-17-16(18-8-11-22(2)9-6-12-24-3)19-13-15-21-20-14-7-4-5-10-23(14)15/h4-5,7,10H,6,8-9,11-13H2,1-3H3,(H2,17,18,19). The summed E-state index contributed by atoms with van der Waals surface area (Å²) in [5, 5.41) is 14.9. The number of nitrogens with zero attached hydrogens (tertiary/aromatic N) is 5. The van der Waals surface area contributed by atoms with Crippen molar-refractivity contribution < 1.29 is 4.74 Å². The Kier molecular flexibility index (Phi) is 7.44. The maximum atomic E-state index is 5.07. The van der Waals surface area contributed by atoms with Gasteiger partial charge in [0.1, 0.15) is 0 Å². The fourth-order valence-corrected chi connectivity index (χ4v) is 2.35. The molecule has 0 radical (unpaired) electrons. The van der Waals surface area contributed by atoms with Gasteiger partial charge in [-0.05, 0) is 25.6 Å². The highest BCUT2D eigenvalue weighted by Gasteiger charge is 2.05. The van der Waals surface area contributed by atoms with Crippen LogP contribution in [0.4, 0.5) is 0 Å². The van der Waals surface area contributed by atoms with Gasteiger partial charge in [-0.25, -0.2) is 0 Å². The van der Waals surface area contributed by atoms with Crippen LogP contribution in [0.5, 0.6) is 0 Å². The lowest BCUT2D eigenvalue weighted by molar-refractivity contribution is 0.180. The fourth-order valence-electron chi connectivity index (χ4n) is 2.35. The highest BCUT2D eigenvalue weighted by Crippen LogP contribution is 2.02. The van der Waals surface area contributed by atoms with Gasteiger partial charge in [0, 0.05) is 46.6 Å². The maximum Gasteiger partial charge on any atom is 0.191 e. The van der Waals surface area contributed by atoms with Crippen LogP contribution in [0, 0.1) is 0 Å². The van der Waals surface area contributed by atoms with E-state index >= 15 is 0 Å². The molecular weight excluding hydrogens is 306 g/mol. The molecule has 0 unspecified atom stereocenters. The number of ether oxygens (including phenoxy) is 1. The van der Waals surface area contributed by atoms with Crippen LogP contribution in [0.15, 0.2) is 29.4 Å². The van der Waals surface area contributed by atoms with E-state index in [-0.39, 0.29) is 0 Å². The van der Waals surface area contributed by atoms with Crippen molar-refractivity contribution in [2.45, 2.75) is 13.0 Å². The predicted molar refractivity (Wildman–Crippen MR) is 95.2 cm³/mol. The monoisotopic (exact) mass is 333 g/mol. The number of rotatable bonds is 9. The first-order valence-corrected chi connectivity index (χ1v) is 8.15. The molecule has 2 N–H and O–H groups in total. The zero-order chi connectivity index (χ0) is 17.2. The molecule has 0 aliphatic heterocycles. The van der Waals surface area contributed by atoms with Crippen molar-refractivity contribution in [3.05, 3.63) is 30.2 Å². The number of aliphatic imine (C=N–C) groups is 1. The molecule has 132 valence electrons. The first kappa shape index (κ1) is 18.2. The van der Waals surface area contributed by atoms with E-state index < -0.39 is 0 Å². The van der Waals surface area contributed by atoms with Crippen LogP contribution in [0.2, 0.25) is 0 Å². The molecule has 2 rings (SSSR count). The number of fused-ring (bicyclic) bond motifs is 1. The predicted octanol–water partition coefficient (Wildman–Crippen LogP) is 0.363. The van der Waals surface area contributed by atoms with Crippen molar-refractivity contribution in [1.82, 2.24) is 30.1 Å². The summed E-state index contributed by atoms with van der Waals surface area (Å²) in [6.07, 6.45) is 3.00. The van der Waals surface area contributed by atoms with Gasteiger partial charge in [0.05, 0.1) is 6.54 Å². The van der Waals surface area contributed by atoms with Gasteiger partial charge < -0.3 is 20.3 Å². The van der Waals surface area contributed by atoms with Gasteiger partial charge in [-0.15, -0.1) is 10.2 Å². The van der Waals surface area contributed by atoms with E-state index in [0.29, 0.717) is 6.54 Å². The first-order chi connectivity index (χ1) is 11.7. The Morgan fingerprint density at radius 2 is 2.17 bits per heavy atom. The molecule has 0 saturated heterocycles. The molecule has 24 heavy (non-hydrogen) atoms. The minimum Gasteiger partial charge on any atom is -0.385 e. The van der Waals surface area contributed by atoms with E-state index in [0.717, 1.165) is 50.1 Å². The Labute approximate surface area is 142 Å². The quantitative estimate of drug-likeness (QED) is 0.392. The molecule has 0 saturated carbocycles. The molecule has 0 amide bonds. The molecule has 2 heterocycles. The van der Waals surface area contributed by atoms with Crippen LogP contribution < -0.4 is 10.6 Å². The third-order valence-corrected chi connectivity index (χ3v) is 3.70. The average molecular weight is 333 g/mol. The van der Waals surface area contributed by atoms with Crippen molar-refractivity contribution in [3.8, 4) is 0 Å². The molecule has 2 aromatic rings. The first-order valence-electron chi connectivity index (χ1n) is 8.15. The molecule has 0 bridgehead atoms. The minimum absolute atomic E-state index is 0.564. The summed E-state index contributed by atoms with van der Waals surface area (Å²) in [6, 6.07) is 5.85. The Hall–Kier alpha value is -2.19. The molecule has 0 aliphatic carbocycles. The lowest BCUT2D eigenvalue weighted by atomic mass is 10.4. The van der Waals surface area contributed by atoms with Crippen LogP contribution in [0.25, 0.3) is 5.65 Å². The normalized spacial score (nSPS) is 12.1. The molecule has 2 aromatic heterocycles. The van der Waals surface area contributed by atoms with Gasteiger partial charge in [0.15, 0.2) is 17.4 Å². The Morgan fingerprint density at radius 1 is 1.29 bits per heavy atom. The number of nitrogens with one attached hydrogen (secondary N) is 2. The number of methoxy groups -OCH3 is 1. The number of hydrogen-bond donors (Lipinski definition) is 2. The summed E-state index contributed by atoms with van der Waals surface area (Å²) in [6.45, 7) is 4.15. The van der Waals surface area contributed by atoms with Crippen molar-refractivity contribution in [3.63, 3.8) is 0 Å². The summed E-state index contributed by atoms with van der Waals surface area (Å²) in [5.41, 5.74) is 0.843. The van der Waals surface area contributed by atoms with E-state index in [1.807, 2.05) is 28.8 Å². The van der Waals surface area contributed by atoms with Crippen LogP contribution in [0.3, 0.4) is 0 Å². The smallest absolute Gasteiger partial charge is 0.191 e. The molecule has 0 aliphatic rings. The second-order valence-corrected chi connectivity index (χ2v) is 5.55. The van der Waals surface area contributed by atoms with Gasteiger partial charge >= 0.3 is 0 Å². The topological polar surface area (TPSA) is 79.1 Å². The maximum absolute atomic E-state index is 5.07. The molecular formula is C16H27N7O. The van der Waals surface area contributed by atoms with Gasteiger partial charge in [0.25, 0.3) is 0 Å². The van der Waals surface area contributed by atoms with Crippen LogP contribution >= 0.6 is 0 Å². The SMILES string of the molecule is CN=C(NCCN(C)CCCOC)NCc1nnc2ccccn12. The molecule has 0 atom stereocenters. The van der Waals surface area contributed by atoms with E-state index in [2.05, 4.69) is 37.8 Å². The molecule has 8 heteroatoms.